The third kappa shape index (κ3) is 1.72. The first-order valence-corrected chi connectivity index (χ1v) is 5.04. The van der Waals surface area contributed by atoms with E-state index in [2.05, 4.69) is 26.2 Å². The van der Waals surface area contributed by atoms with E-state index in [1.807, 2.05) is 0 Å². The molecular weight excluding hydrogens is 262 g/mol. The summed E-state index contributed by atoms with van der Waals surface area (Å²) in [7, 11) is 1.66. The molecule has 2 aromatic heterocycles. The molecule has 0 fully saturated rings. The van der Waals surface area contributed by atoms with E-state index < -0.39 is 0 Å². The Morgan fingerprint density at radius 1 is 1.60 bits per heavy atom. The maximum atomic E-state index is 12.0. The highest BCUT2D eigenvalue weighted by Gasteiger charge is 2.19. The fourth-order valence-corrected chi connectivity index (χ4v) is 1.78. The molecule has 0 N–H and O–H groups in total. The molecule has 0 unspecified atom stereocenters. The smallest absolute Gasteiger partial charge is 0.217 e. The summed E-state index contributed by atoms with van der Waals surface area (Å²) in [6.07, 6.45) is 1.43. The SMILES string of the molecule is Cc1cc(C(=O)c2c(Br)nnn2C)co1. The second-order valence-electron chi connectivity index (χ2n) is 3.13. The zero-order valence-corrected chi connectivity index (χ0v) is 9.78. The van der Waals surface area contributed by atoms with Crippen LogP contribution in [0.2, 0.25) is 0 Å². The zero-order chi connectivity index (χ0) is 11.0. The highest BCUT2D eigenvalue weighted by Crippen LogP contribution is 2.18. The summed E-state index contributed by atoms with van der Waals surface area (Å²) in [5.74, 6) is 0.538. The molecule has 78 valence electrons. The van der Waals surface area contributed by atoms with E-state index in [-0.39, 0.29) is 5.78 Å². The van der Waals surface area contributed by atoms with Gasteiger partial charge in [0.1, 0.15) is 17.7 Å². The number of carbonyl (C=O) groups is 1. The molecule has 0 saturated heterocycles. The molecule has 2 heterocycles. The van der Waals surface area contributed by atoms with Gasteiger partial charge in [-0.3, -0.25) is 4.79 Å². The standard InChI is InChI=1S/C9H8BrN3O2/c1-5-3-6(4-15-5)8(14)7-9(10)11-12-13(7)2/h3-4H,1-2H3. The molecular formula is C9H8BrN3O2. The molecule has 0 bridgehead atoms. The summed E-state index contributed by atoms with van der Waals surface area (Å²) in [6.45, 7) is 1.79. The van der Waals surface area contributed by atoms with E-state index >= 15 is 0 Å². The van der Waals surface area contributed by atoms with E-state index in [1.165, 1.54) is 10.9 Å². The Balaban J connectivity index is 2.45. The Kier molecular flexibility index (Phi) is 2.44. The normalized spacial score (nSPS) is 10.6. The molecule has 0 radical (unpaired) electrons. The number of hydrogen-bond acceptors (Lipinski definition) is 4. The first-order chi connectivity index (χ1) is 7.09. The second-order valence-corrected chi connectivity index (χ2v) is 3.88. The van der Waals surface area contributed by atoms with Gasteiger partial charge in [-0.1, -0.05) is 5.21 Å². The molecule has 5 nitrogen and oxygen atoms in total. The van der Waals surface area contributed by atoms with Crippen molar-refractivity contribution in [1.82, 2.24) is 15.0 Å². The Labute approximate surface area is 94.2 Å². The number of hydrogen-bond donors (Lipinski definition) is 0. The van der Waals surface area contributed by atoms with Gasteiger partial charge in [0.25, 0.3) is 0 Å². The number of furan rings is 1. The van der Waals surface area contributed by atoms with Crippen LogP contribution in [0.25, 0.3) is 0 Å². The lowest BCUT2D eigenvalue weighted by Crippen LogP contribution is -2.07. The van der Waals surface area contributed by atoms with Gasteiger partial charge in [-0.2, -0.15) is 0 Å². The number of aromatic nitrogens is 3. The Morgan fingerprint density at radius 3 is 2.80 bits per heavy atom. The lowest BCUT2D eigenvalue weighted by Gasteiger charge is -1.96. The molecule has 0 aliphatic heterocycles. The van der Waals surface area contributed by atoms with E-state index in [9.17, 15) is 4.79 Å². The lowest BCUT2D eigenvalue weighted by molar-refractivity contribution is 0.102. The second kappa shape index (κ2) is 3.62. The van der Waals surface area contributed by atoms with Crippen LogP contribution in [-0.2, 0) is 7.05 Å². The van der Waals surface area contributed by atoms with Crippen LogP contribution in [0.3, 0.4) is 0 Å². The van der Waals surface area contributed by atoms with Crippen LogP contribution >= 0.6 is 15.9 Å². The van der Waals surface area contributed by atoms with Gasteiger partial charge in [-0.25, -0.2) is 4.68 Å². The average Bonchev–Trinajstić information content (AvgIpc) is 2.73. The molecule has 2 aromatic rings. The van der Waals surface area contributed by atoms with Crippen molar-refractivity contribution in [1.29, 1.82) is 0 Å². The van der Waals surface area contributed by atoms with Crippen LogP contribution in [0.1, 0.15) is 21.8 Å². The minimum Gasteiger partial charge on any atom is -0.469 e. The van der Waals surface area contributed by atoms with Crippen molar-refractivity contribution in [2.24, 2.45) is 7.05 Å². The van der Waals surface area contributed by atoms with Crippen LogP contribution < -0.4 is 0 Å². The van der Waals surface area contributed by atoms with Gasteiger partial charge < -0.3 is 4.42 Å². The quantitative estimate of drug-likeness (QED) is 0.779. The highest BCUT2D eigenvalue weighted by atomic mass is 79.9. The van der Waals surface area contributed by atoms with Crippen molar-refractivity contribution in [3.05, 3.63) is 34.0 Å². The van der Waals surface area contributed by atoms with E-state index in [1.54, 1.807) is 20.0 Å². The number of rotatable bonds is 2. The fraction of sp³-hybridized carbons (Fsp3) is 0.222. The summed E-state index contributed by atoms with van der Waals surface area (Å²) < 4.78 is 6.94. The number of nitrogens with zero attached hydrogens (tertiary/aromatic N) is 3. The first-order valence-electron chi connectivity index (χ1n) is 4.24. The summed E-state index contributed by atoms with van der Waals surface area (Å²) in [6, 6.07) is 1.68. The van der Waals surface area contributed by atoms with Crippen LogP contribution in [0.4, 0.5) is 0 Å². The van der Waals surface area contributed by atoms with Gasteiger partial charge in [0.15, 0.2) is 4.60 Å². The summed E-state index contributed by atoms with van der Waals surface area (Å²) in [4.78, 5) is 12.0. The minimum absolute atomic E-state index is 0.161. The summed E-state index contributed by atoms with van der Waals surface area (Å²) in [5.41, 5.74) is 0.911. The Morgan fingerprint density at radius 2 is 2.33 bits per heavy atom. The molecule has 15 heavy (non-hydrogen) atoms. The number of halogens is 1. The molecule has 0 saturated carbocycles. The highest BCUT2D eigenvalue weighted by molar-refractivity contribution is 9.10. The van der Waals surface area contributed by atoms with E-state index in [0.29, 0.717) is 21.6 Å². The number of carbonyl (C=O) groups excluding carboxylic acids is 1. The molecule has 0 aliphatic rings. The molecule has 6 heteroatoms. The van der Waals surface area contributed by atoms with Gasteiger partial charge >= 0.3 is 0 Å². The molecule has 0 aromatic carbocycles. The Hall–Kier alpha value is -1.43. The molecule has 0 atom stereocenters. The van der Waals surface area contributed by atoms with Gasteiger partial charge in [0.2, 0.25) is 5.78 Å². The predicted octanol–water partition coefficient (Wildman–Crippen LogP) is 1.71. The topological polar surface area (TPSA) is 60.9 Å². The van der Waals surface area contributed by atoms with Gasteiger partial charge in [0, 0.05) is 7.05 Å². The van der Waals surface area contributed by atoms with Crippen molar-refractivity contribution in [2.45, 2.75) is 6.92 Å². The van der Waals surface area contributed by atoms with Crippen LogP contribution in [0, 0.1) is 6.92 Å². The number of aryl methyl sites for hydroxylation is 2. The lowest BCUT2D eigenvalue weighted by atomic mass is 10.1. The number of ketones is 1. The summed E-state index contributed by atoms with van der Waals surface area (Å²) in [5, 5.41) is 7.49. The van der Waals surface area contributed by atoms with Crippen LogP contribution in [0.5, 0.6) is 0 Å². The summed E-state index contributed by atoms with van der Waals surface area (Å²) >= 11 is 3.18. The zero-order valence-electron chi connectivity index (χ0n) is 8.19. The first kappa shape index (κ1) is 10.1. The van der Waals surface area contributed by atoms with Crippen molar-refractivity contribution in [3.8, 4) is 0 Å². The Bertz CT molecular complexity index is 496. The fourth-order valence-electron chi connectivity index (χ4n) is 1.27. The van der Waals surface area contributed by atoms with Crippen LogP contribution in [-0.4, -0.2) is 20.8 Å². The van der Waals surface area contributed by atoms with Crippen molar-refractivity contribution in [3.63, 3.8) is 0 Å². The van der Waals surface area contributed by atoms with E-state index in [0.717, 1.165) is 0 Å². The van der Waals surface area contributed by atoms with E-state index in [4.69, 9.17) is 4.42 Å². The molecule has 0 amide bonds. The molecule has 0 spiro atoms. The third-order valence-electron chi connectivity index (χ3n) is 1.99. The minimum atomic E-state index is -0.161. The van der Waals surface area contributed by atoms with Gasteiger partial charge in [-0.05, 0) is 28.9 Å². The van der Waals surface area contributed by atoms with Gasteiger partial charge in [0.05, 0.1) is 5.56 Å². The molecule has 0 aliphatic carbocycles. The van der Waals surface area contributed by atoms with Crippen LogP contribution in [0.15, 0.2) is 21.3 Å². The monoisotopic (exact) mass is 269 g/mol. The van der Waals surface area contributed by atoms with Crippen molar-refractivity contribution in [2.75, 3.05) is 0 Å². The largest absolute Gasteiger partial charge is 0.469 e. The van der Waals surface area contributed by atoms with Crippen molar-refractivity contribution < 1.29 is 9.21 Å². The third-order valence-corrected chi connectivity index (χ3v) is 2.53. The van der Waals surface area contributed by atoms with Gasteiger partial charge in [-0.15, -0.1) is 5.10 Å². The maximum Gasteiger partial charge on any atom is 0.217 e. The van der Waals surface area contributed by atoms with Crippen molar-refractivity contribution >= 4 is 21.7 Å². The average molecular weight is 270 g/mol. The predicted molar refractivity (Wildman–Crippen MR) is 55.6 cm³/mol. The molecule has 2 rings (SSSR count). The maximum absolute atomic E-state index is 12.0.